The lowest BCUT2D eigenvalue weighted by molar-refractivity contribution is -0.129. The molecule has 0 spiro atoms. The molecule has 24 heavy (non-hydrogen) atoms. The summed E-state index contributed by atoms with van der Waals surface area (Å²) in [6.07, 6.45) is 4.80. The number of nitrogens with one attached hydrogen (secondary N) is 1. The summed E-state index contributed by atoms with van der Waals surface area (Å²) in [4.78, 5) is 31.1. The number of fused-ring (bicyclic) bond motifs is 1. The van der Waals surface area contributed by atoms with E-state index in [-0.39, 0.29) is 17.7 Å². The molecule has 2 fully saturated rings. The molecule has 2 aromatic rings. The van der Waals surface area contributed by atoms with Gasteiger partial charge in [-0.05, 0) is 31.0 Å². The average molecular weight is 364 g/mol. The predicted molar refractivity (Wildman–Crippen MR) is 95.3 cm³/mol. The van der Waals surface area contributed by atoms with Crippen molar-refractivity contribution in [2.24, 2.45) is 5.92 Å². The second kappa shape index (κ2) is 6.33. The number of hydrogen-bond acceptors (Lipinski definition) is 4. The fourth-order valence-electron chi connectivity index (χ4n) is 3.64. The third kappa shape index (κ3) is 3.00. The number of nitrogens with zero attached hydrogens (tertiary/aromatic N) is 2. The molecule has 2 amide bonds. The van der Waals surface area contributed by atoms with Gasteiger partial charge >= 0.3 is 0 Å². The molecule has 126 valence electrons. The Bertz CT molecular complexity index is 800. The SMILES string of the molecule is O=C(Nc1nc2ccc(Cl)cc2s1)[C@@H]1CC(=O)N(C2CCCC2)C1. The van der Waals surface area contributed by atoms with Crippen LogP contribution in [0.25, 0.3) is 10.2 Å². The molecule has 0 unspecified atom stereocenters. The number of likely N-dealkylation sites (tertiary alicyclic amines) is 1. The largest absolute Gasteiger partial charge is 0.339 e. The van der Waals surface area contributed by atoms with Crippen LogP contribution in [0.4, 0.5) is 5.13 Å². The number of rotatable bonds is 3. The first-order valence-corrected chi connectivity index (χ1v) is 9.46. The Balaban J connectivity index is 1.44. The van der Waals surface area contributed by atoms with E-state index in [0.29, 0.717) is 29.2 Å². The van der Waals surface area contributed by atoms with Gasteiger partial charge in [-0.15, -0.1) is 0 Å². The summed E-state index contributed by atoms with van der Waals surface area (Å²) in [5.41, 5.74) is 0.815. The van der Waals surface area contributed by atoms with Crippen molar-refractivity contribution in [1.29, 1.82) is 0 Å². The minimum atomic E-state index is -0.284. The Labute approximate surface area is 149 Å². The van der Waals surface area contributed by atoms with Gasteiger partial charge in [-0.2, -0.15) is 0 Å². The molecule has 1 N–H and O–H groups in total. The number of carbonyl (C=O) groups excluding carboxylic acids is 2. The van der Waals surface area contributed by atoms with E-state index >= 15 is 0 Å². The van der Waals surface area contributed by atoms with Crippen molar-refractivity contribution in [2.45, 2.75) is 38.1 Å². The monoisotopic (exact) mass is 363 g/mol. The Morgan fingerprint density at radius 3 is 2.92 bits per heavy atom. The normalized spacial score (nSPS) is 21.8. The second-order valence-corrected chi connectivity index (χ2v) is 7.97. The van der Waals surface area contributed by atoms with Crippen molar-refractivity contribution < 1.29 is 9.59 Å². The molecule has 0 radical (unpaired) electrons. The molecule has 1 aliphatic heterocycles. The minimum Gasteiger partial charge on any atom is -0.339 e. The van der Waals surface area contributed by atoms with Crippen LogP contribution in [0.15, 0.2) is 18.2 Å². The Kier molecular flexibility index (Phi) is 4.18. The number of benzene rings is 1. The molecule has 4 rings (SSSR count). The van der Waals surface area contributed by atoms with Crippen molar-refractivity contribution in [3.8, 4) is 0 Å². The van der Waals surface area contributed by atoms with Gasteiger partial charge in [-0.3, -0.25) is 9.59 Å². The van der Waals surface area contributed by atoms with Gasteiger partial charge in [-0.1, -0.05) is 35.8 Å². The fraction of sp³-hybridized carbons (Fsp3) is 0.471. The van der Waals surface area contributed by atoms with Crippen LogP contribution in [0.5, 0.6) is 0 Å². The van der Waals surface area contributed by atoms with E-state index in [4.69, 9.17) is 11.6 Å². The first-order valence-electron chi connectivity index (χ1n) is 8.26. The van der Waals surface area contributed by atoms with E-state index in [1.807, 2.05) is 17.0 Å². The van der Waals surface area contributed by atoms with E-state index in [2.05, 4.69) is 10.3 Å². The van der Waals surface area contributed by atoms with Crippen LogP contribution in [0.3, 0.4) is 0 Å². The average Bonchev–Trinajstić information content (AvgIpc) is 3.25. The highest BCUT2D eigenvalue weighted by Crippen LogP contribution is 2.31. The zero-order valence-electron chi connectivity index (χ0n) is 13.1. The van der Waals surface area contributed by atoms with Crippen LogP contribution < -0.4 is 5.32 Å². The van der Waals surface area contributed by atoms with Gasteiger partial charge in [0.25, 0.3) is 0 Å². The third-order valence-corrected chi connectivity index (χ3v) is 6.04. The number of thiazole rings is 1. The van der Waals surface area contributed by atoms with Crippen LogP contribution in [-0.2, 0) is 9.59 Å². The summed E-state index contributed by atoms with van der Waals surface area (Å²) in [6, 6.07) is 5.79. The molecule has 1 aromatic carbocycles. The predicted octanol–water partition coefficient (Wildman–Crippen LogP) is 3.68. The molecular formula is C17H18ClN3O2S. The molecule has 5 nitrogen and oxygen atoms in total. The number of aromatic nitrogens is 1. The summed E-state index contributed by atoms with van der Waals surface area (Å²) in [7, 11) is 0. The van der Waals surface area contributed by atoms with Gasteiger partial charge in [0, 0.05) is 24.0 Å². The van der Waals surface area contributed by atoms with Crippen molar-refractivity contribution in [3.05, 3.63) is 23.2 Å². The van der Waals surface area contributed by atoms with E-state index in [1.165, 1.54) is 24.2 Å². The van der Waals surface area contributed by atoms with Crippen LogP contribution in [0, 0.1) is 5.92 Å². The summed E-state index contributed by atoms with van der Waals surface area (Å²) in [5, 5.41) is 4.08. The number of hydrogen-bond donors (Lipinski definition) is 1. The summed E-state index contributed by atoms with van der Waals surface area (Å²) in [6.45, 7) is 0.534. The smallest absolute Gasteiger partial charge is 0.231 e. The van der Waals surface area contributed by atoms with Crippen LogP contribution >= 0.6 is 22.9 Å². The number of halogens is 1. The molecule has 1 saturated carbocycles. The van der Waals surface area contributed by atoms with Crippen LogP contribution in [0.1, 0.15) is 32.1 Å². The number of amides is 2. The molecule has 1 atom stereocenters. The van der Waals surface area contributed by atoms with Gasteiger partial charge in [0.1, 0.15) is 0 Å². The number of carbonyl (C=O) groups is 2. The Hall–Kier alpha value is -1.66. The maximum atomic E-state index is 12.5. The van der Waals surface area contributed by atoms with Crippen molar-refractivity contribution >= 4 is 50.1 Å². The highest BCUT2D eigenvalue weighted by molar-refractivity contribution is 7.22. The molecule has 0 bridgehead atoms. The zero-order chi connectivity index (χ0) is 16.7. The van der Waals surface area contributed by atoms with Crippen molar-refractivity contribution in [2.75, 3.05) is 11.9 Å². The summed E-state index contributed by atoms with van der Waals surface area (Å²) in [5.74, 6) is -0.291. The highest BCUT2D eigenvalue weighted by atomic mass is 35.5. The second-order valence-electron chi connectivity index (χ2n) is 6.51. The van der Waals surface area contributed by atoms with Crippen LogP contribution in [0.2, 0.25) is 5.02 Å². The quantitative estimate of drug-likeness (QED) is 0.904. The van der Waals surface area contributed by atoms with Crippen molar-refractivity contribution in [1.82, 2.24) is 9.88 Å². The summed E-state index contributed by atoms with van der Waals surface area (Å²) < 4.78 is 0.938. The molecule has 1 saturated heterocycles. The van der Waals surface area contributed by atoms with E-state index in [1.54, 1.807) is 6.07 Å². The topological polar surface area (TPSA) is 62.3 Å². The lowest BCUT2D eigenvalue weighted by Crippen LogP contribution is -2.35. The number of anilines is 1. The summed E-state index contributed by atoms with van der Waals surface area (Å²) >= 11 is 7.38. The Morgan fingerprint density at radius 2 is 2.12 bits per heavy atom. The molecular weight excluding hydrogens is 346 g/mol. The van der Waals surface area contributed by atoms with Gasteiger partial charge in [0.2, 0.25) is 11.8 Å². The van der Waals surface area contributed by atoms with Gasteiger partial charge in [0.05, 0.1) is 16.1 Å². The maximum absolute atomic E-state index is 12.5. The molecule has 2 aliphatic rings. The first-order chi connectivity index (χ1) is 11.6. The van der Waals surface area contributed by atoms with Crippen molar-refractivity contribution in [3.63, 3.8) is 0 Å². The molecule has 1 aliphatic carbocycles. The van der Waals surface area contributed by atoms with E-state index in [0.717, 1.165) is 23.1 Å². The van der Waals surface area contributed by atoms with Gasteiger partial charge in [-0.25, -0.2) is 4.98 Å². The molecule has 2 heterocycles. The van der Waals surface area contributed by atoms with Crippen LogP contribution in [-0.4, -0.2) is 34.3 Å². The minimum absolute atomic E-state index is 0.109. The fourth-order valence-corrected chi connectivity index (χ4v) is 4.78. The van der Waals surface area contributed by atoms with Gasteiger partial charge in [0.15, 0.2) is 5.13 Å². The Morgan fingerprint density at radius 1 is 1.33 bits per heavy atom. The lowest BCUT2D eigenvalue weighted by Gasteiger charge is -2.23. The lowest BCUT2D eigenvalue weighted by atomic mass is 10.1. The van der Waals surface area contributed by atoms with E-state index in [9.17, 15) is 9.59 Å². The molecule has 1 aromatic heterocycles. The first kappa shape index (κ1) is 15.8. The maximum Gasteiger partial charge on any atom is 0.231 e. The molecule has 7 heteroatoms. The van der Waals surface area contributed by atoms with Gasteiger partial charge < -0.3 is 10.2 Å². The highest BCUT2D eigenvalue weighted by Gasteiger charge is 2.38. The van der Waals surface area contributed by atoms with E-state index < -0.39 is 0 Å². The zero-order valence-corrected chi connectivity index (χ0v) is 14.7. The standard InChI is InChI=1S/C17H18ClN3O2S/c18-11-5-6-13-14(8-11)24-17(19-13)20-16(23)10-7-15(22)21(9-10)12-3-1-2-4-12/h5-6,8,10,12H,1-4,7,9H2,(H,19,20,23)/t10-/m1/s1. The third-order valence-electron chi connectivity index (χ3n) is 4.88.